The molecule has 0 amide bonds. The molecule has 0 unspecified atom stereocenters. The highest BCUT2D eigenvalue weighted by Crippen LogP contribution is 2.23. The minimum Gasteiger partial charge on any atom is -0.389 e. The summed E-state index contributed by atoms with van der Waals surface area (Å²) in [6, 6.07) is -0.00681. The van der Waals surface area contributed by atoms with Gasteiger partial charge in [-0.05, 0) is 6.92 Å². The number of aliphatic hydroxyl groups excluding tert-OH is 2. The molecule has 2 heterocycles. The van der Waals surface area contributed by atoms with Crippen molar-refractivity contribution >= 4 is 0 Å². The average Bonchev–Trinajstić information content (AvgIpc) is 2.24. The van der Waals surface area contributed by atoms with Crippen molar-refractivity contribution in [2.75, 3.05) is 26.3 Å². The van der Waals surface area contributed by atoms with Crippen LogP contribution in [0.5, 0.6) is 0 Å². The Balaban J connectivity index is 1.98. The van der Waals surface area contributed by atoms with Gasteiger partial charge < -0.3 is 19.7 Å². The molecule has 5 nitrogen and oxygen atoms in total. The fourth-order valence-electron chi connectivity index (χ4n) is 2.32. The van der Waals surface area contributed by atoms with Crippen LogP contribution >= 0.6 is 0 Å². The second-order valence-electron chi connectivity index (χ2n) is 4.24. The van der Waals surface area contributed by atoms with Gasteiger partial charge in [-0.25, -0.2) is 0 Å². The summed E-state index contributed by atoms with van der Waals surface area (Å²) in [6.07, 6.45) is -1.10. The van der Waals surface area contributed by atoms with E-state index in [0.717, 1.165) is 13.1 Å². The van der Waals surface area contributed by atoms with E-state index < -0.39 is 12.4 Å². The lowest BCUT2D eigenvalue weighted by Crippen LogP contribution is -2.57. The van der Waals surface area contributed by atoms with E-state index in [0.29, 0.717) is 19.6 Å². The summed E-state index contributed by atoms with van der Waals surface area (Å²) in [6.45, 7) is 4.84. The van der Waals surface area contributed by atoms with E-state index in [2.05, 4.69) is 4.90 Å². The van der Waals surface area contributed by atoms with Gasteiger partial charge in [0.1, 0.15) is 0 Å². The second-order valence-corrected chi connectivity index (χ2v) is 4.24. The first-order valence-corrected chi connectivity index (χ1v) is 5.52. The van der Waals surface area contributed by atoms with Crippen LogP contribution in [0, 0.1) is 0 Å². The number of aliphatic hydroxyl groups is 2. The number of hydrogen-bond donors (Lipinski definition) is 2. The van der Waals surface area contributed by atoms with Crippen molar-refractivity contribution in [3.8, 4) is 0 Å². The maximum atomic E-state index is 9.99. The first-order chi connectivity index (χ1) is 7.18. The van der Waals surface area contributed by atoms with Gasteiger partial charge in [0.25, 0.3) is 0 Å². The molecule has 15 heavy (non-hydrogen) atoms. The Bertz CT molecular complexity index is 208. The zero-order valence-electron chi connectivity index (χ0n) is 9.00. The van der Waals surface area contributed by atoms with Crippen molar-refractivity contribution in [2.45, 2.75) is 37.9 Å². The lowest BCUT2D eigenvalue weighted by Gasteiger charge is -2.43. The normalized spacial score (nSPS) is 44.2. The lowest BCUT2D eigenvalue weighted by molar-refractivity contribution is -0.219. The van der Waals surface area contributed by atoms with Gasteiger partial charge in [0.05, 0.1) is 25.4 Å². The molecular weight excluding hydrogens is 198 g/mol. The van der Waals surface area contributed by atoms with Crippen LogP contribution in [0.15, 0.2) is 0 Å². The summed E-state index contributed by atoms with van der Waals surface area (Å²) < 4.78 is 10.4. The van der Waals surface area contributed by atoms with E-state index in [4.69, 9.17) is 9.47 Å². The quantitative estimate of drug-likeness (QED) is 0.600. The molecule has 0 aromatic carbocycles. The van der Waals surface area contributed by atoms with Gasteiger partial charge in [-0.1, -0.05) is 0 Å². The number of ether oxygens (including phenoxy) is 2. The Labute approximate surface area is 89.6 Å². The highest BCUT2D eigenvalue weighted by Gasteiger charge is 2.38. The topological polar surface area (TPSA) is 62.2 Å². The average molecular weight is 217 g/mol. The molecule has 0 aromatic heterocycles. The molecule has 0 saturated carbocycles. The molecule has 5 heteroatoms. The van der Waals surface area contributed by atoms with Crippen molar-refractivity contribution in [3.05, 3.63) is 0 Å². The second kappa shape index (κ2) is 4.76. The van der Waals surface area contributed by atoms with Crippen molar-refractivity contribution in [3.63, 3.8) is 0 Å². The summed E-state index contributed by atoms with van der Waals surface area (Å²) in [7, 11) is 0. The summed E-state index contributed by atoms with van der Waals surface area (Å²) in [5, 5.41) is 19.5. The van der Waals surface area contributed by atoms with Crippen LogP contribution in [0.3, 0.4) is 0 Å². The van der Waals surface area contributed by atoms with Crippen LogP contribution in [-0.2, 0) is 9.47 Å². The van der Waals surface area contributed by atoms with E-state index in [1.807, 2.05) is 0 Å². The molecule has 2 rings (SSSR count). The summed E-state index contributed by atoms with van der Waals surface area (Å²) >= 11 is 0. The van der Waals surface area contributed by atoms with Crippen molar-refractivity contribution in [1.29, 1.82) is 0 Å². The molecule has 2 fully saturated rings. The van der Waals surface area contributed by atoms with Gasteiger partial charge in [0, 0.05) is 25.6 Å². The predicted molar refractivity (Wildman–Crippen MR) is 53.4 cm³/mol. The zero-order valence-corrected chi connectivity index (χ0v) is 9.00. The van der Waals surface area contributed by atoms with Gasteiger partial charge in [-0.2, -0.15) is 0 Å². The summed E-state index contributed by atoms with van der Waals surface area (Å²) in [4.78, 5) is 2.18. The van der Waals surface area contributed by atoms with Crippen LogP contribution in [0.25, 0.3) is 0 Å². The number of hydrogen-bond acceptors (Lipinski definition) is 5. The van der Waals surface area contributed by atoms with Crippen LogP contribution in [0.4, 0.5) is 0 Å². The molecular formula is C10H19NO4. The minimum atomic E-state index is -0.753. The highest BCUT2D eigenvalue weighted by molar-refractivity contribution is 4.88. The molecule has 0 spiro atoms. The fourth-order valence-corrected chi connectivity index (χ4v) is 2.32. The van der Waals surface area contributed by atoms with Gasteiger partial charge in [0.15, 0.2) is 6.29 Å². The van der Waals surface area contributed by atoms with Crippen LogP contribution in [-0.4, -0.2) is 66.0 Å². The third-order valence-corrected chi connectivity index (χ3v) is 3.20. The van der Waals surface area contributed by atoms with Gasteiger partial charge >= 0.3 is 0 Å². The zero-order chi connectivity index (χ0) is 10.8. The smallest absolute Gasteiger partial charge is 0.156 e. The summed E-state index contributed by atoms with van der Waals surface area (Å²) in [5.41, 5.74) is 0. The van der Waals surface area contributed by atoms with Gasteiger partial charge in [0.2, 0.25) is 0 Å². The maximum absolute atomic E-state index is 9.99. The molecule has 2 aliphatic heterocycles. The van der Waals surface area contributed by atoms with E-state index in [1.54, 1.807) is 6.92 Å². The maximum Gasteiger partial charge on any atom is 0.156 e. The van der Waals surface area contributed by atoms with E-state index >= 15 is 0 Å². The lowest BCUT2D eigenvalue weighted by atomic mass is 9.97. The SMILES string of the molecule is C[C@@H]1O[C@@H](O)C[C@H](N2CCOCC2)[C@@H]1O. The van der Waals surface area contributed by atoms with Crippen molar-refractivity contribution in [1.82, 2.24) is 4.90 Å². The van der Waals surface area contributed by atoms with Gasteiger partial charge in [-0.3, -0.25) is 4.90 Å². The number of nitrogens with zero attached hydrogens (tertiary/aromatic N) is 1. The van der Waals surface area contributed by atoms with E-state index in [-0.39, 0.29) is 12.1 Å². The Kier molecular flexibility index (Phi) is 3.58. The fraction of sp³-hybridized carbons (Fsp3) is 1.00. The third kappa shape index (κ3) is 2.49. The first-order valence-electron chi connectivity index (χ1n) is 5.52. The molecule has 2 aliphatic rings. The van der Waals surface area contributed by atoms with E-state index in [9.17, 15) is 10.2 Å². The monoisotopic (exact) mass is 217 g/mol. The van der Waals surface area contributed by atoms with Crippen LogP contribution in [0.2, 0.25) is 0 Å². The first kappa shape index (κ1) is 11.3. The Morgan fingerprint density at radius 3 is 2.53 bits per heavy atom. The third-order valence-electron chi connectivity index (χ3n) is 3.20. The molecule has 0 aromatic rings. The molecule has 2 saturated heterocycles. The molecule has 4 atom stereocenters. The standard InChI is InChI=1S/C10H19NO4/c1-7-10(13)8(6-9(12)15-7)11-2-4-14-5-3-11/h7-10,12-13H,2-6H2,1H3/t7-,8-,9+,10+/m0/s1. The number of rotatable bonds is 1. The molecule has 0 bridgehead atoms. The summed E-state index contributed by atoms with van der Waals surface area (Å²) in [5.74, 6) is 0. The Morgan fingerprint density at radius 1 is 1.20 bits per heavy atom. The van der Waals surface area contributed by atoms with Crippen molar-refractivity contribution in [2.24, 2.45) is 0 Å². The van der Waals surface area contributed by atoms with Crippen molar-refractivity contribution < 1.29 is 19.7 Å². The van der Waals surface area contributed by atoms with E-state index in [1.165, 1.54) is 0 Å². The molecule has 0 radical (unpaired) electrons. The van der Waals surface area contributed by atoms with Crippen LogP contribution < -0.4 is 0 Å². The Hall–Kier alpha value is -0.200. The predicted octanol–water partition coefficient (Wildman–Crippen LogP) is -0.825. The van der Waals surface area contributed by atoms with Crippen LogP contribution in [0.1, 0.15) is 13.3 Å². The molecule has 88 valence electrons. The molecule has 2 N–H and O–H groups in total. The highest BCUT2D eigenvalue weighted by atomic mass is 16.6. The molecule has 0 aliphatic carbocycles. The Morgan fingerprint density at radius 2 is 1.87 bits per heavy atom. The number of morpholine rings is 1. The largest absolute Gasteiger partial charge is 0.389 e. The minimum absolute atomic E-state index is 0.00681. The van der Waals surface area contributed by atoms with Gasteiger partial charge in [-0.15, -0.1) is 0 Å².